The summed E-state index contributed by atoms with van der Waals surface area (Å²) < 4.78 is 37.9. The highest BCUT2D eigenvalue weighted by Crippen LogP contribution is 2.33. The van der Waals surface area contributed by atoms with E-state index in [-0.39, 0.29) is 11.6 Å². The fourth-order valence-corrected chi connectivity index (χ4v) is 2.18. The number of para-hydroxylation sites is 1. The van der Waals surface area contributed by atoms with Crippen LogP contribution >= 0.6 is 0 Å². The highest BCUT2D eigenvalue weighted by atomic mass is 19.4. The topological polar surface area (TPSA) is 77.8 Å². The second-order valence-electron chi connectivity index (χ2n) is 4.74. The Hall–Kier alpha value is -2.83. The predicted octanol–water partition coefficient (Wildman–Crippen LogP) is 3.48. The Kier molecular flexibility index (Phi) is 3.13. The Labute approximate surface area is 123 Å². The largest absolute Gasteiger partial charge is 0.416 e. The zero-order valence-corrected chi connectivity index (χ0v) is 11.2. The summed E-state index contributed by atoms with van der Waals surface area (Å²) >= 11 is 0. The Morgan fingerprint density at radius 2 is 1.45 bits per heavy atom. The van der Waals surface area contributed by atoms with Gasteiger partial charge in [0.1, 0.15) is 0 Å². The molecule has 0 unspecified atom stereocenters. The van der Waals surface area contributed by atoms with Crippen LogP contribution < -0.4 is 11.5 Å². The molecule has 0 aliphatic heterocycles. The number of aromatic nitrogens is 2. The van der Waals surface area contributed by atoms with Crippen LogP contribution in [0, 0.1) is 0 Å². The van der Waals surface area contributed by atoms with Crippen molar-refractivity contribution in [2.24, 2.45) is 0 Å². The Morgan fingerprint density at radius 3 is 2.09 bits per heavy atom. The molecule has 1 aromatic heterocycles. The van der Waals surface area contributed by atoms with Crippen LogP contribution in [0.4, 0.5) is 24.8 Å². The molecule has 0 fully saturated rings. The van der Waals surface area contributed by atoms with Crippen LogP contribution in [0.2, 0.25) is 0 Å². The molecule has 1 heterocycles. The van der Waals surface area contributed by atoms with Gasteiger partial charge in [0.15, 0.2) is 11.6 Å². The maximum atomic E-state index is 12.6. The van der Waals surface area contributed by atoms with Gasteiger partial charge in [0, 0.05) is 5.56 Å². The second-order valence-corrected chi connectivity index (χ2v) is 4.74. The number of nitrogen functional groups attached to an aromatic ring is 2. The smallest absolute Gasteiger partial charge is 0.381 e. The summed E-state index contributed by atoms with van der Waals surface area (Å²) in [5, 5.41) is 0. The van der Waals surface area contributed by atoms with E-state index in [4.69, 9.17) is 11.5 Å². The van der Waals surface area contributed by atoms with Crippen LogP contribution in [-0.2, 0) is 6.18 Å². The number of halogens is 3. The molecule has 4 nitrogen and oxygen atoms in total. The molecular weight excluding hydrogens is 293 g/mol. The van der Waals surface area contributed by atoms with E-state index in [2.05, 4.69) is 9.97 Å². The first kappa shape index (κ1) is 14.1. The number of nitrogens with zero attached hydrogens (tertiary/aromatic N) is 2. The number of rotatable bonds is 1. The first-order valence-corrected chi connectivity index (χ1v) is 6.35. The predicted molar refractivity (Wildman–Crippen MR) is 78.8 cm³/mol. The van der Waals surface area contributed by atoms with Crippen LogP contribution in [-0.4, -0.2) is 9.97 Å². The third-order valence-electron chi connectivity index (χ3n) is 3.27. The average molecular weight is 304 g/mol. The van der Waals surface area contributed by atoms with Gasteiger partial charge in [-0.1, -0.05) is 24.3 Å². The molecule has 0 spiro atoms. The maximum Gasteiger partial charge on any atom is 0.416 e. The van der Waals surface area contributed by atoms with E-state index in [0.717, 1.165) is 12.1 Å². The SMILES string of the molecule is Nc1nc2cccc(-c3ccc(C(F)(F)F)cc3)c2nc1N. The van der Waals surface area contributed by atoms with Gasteiger partial charge in [-0.3, -0.25) is 0 Å². The lowest BCUT2D eigenvalue weighted by atomic mass is 10.0. The van der Waals surface area contributed by atoms with Crippen molar-refractivity contribution in [2.75, 3.05) is 11.5 Å². The highest BCUT2D eigenvalue weighted by Gasteiger charge is 2.30. The molecule has 0 saturated carbocycles. The van der Waals surface area contributed by atoms with Crippen molar-refractivity contribution in [2.45, 2.75) is 6.18 Å². The van der Waals surface area contributed by atoms with E-state index in [0.29, 0.717) is 22.2 Å². The lowest BCUT2D eigenvalue weighted by molar-refractivity contribution is -0.137. The van der Waals surface area contributed by atoms with Gasteiger partial charge >= 0.3 is 6.18 Å². The summed E-state index contributed by atoms with van der Waals surface area (Å²) in [4.78, 5) is 8.32. The van der Waals surface area contributed by atoms with Gasteiger partial charge in [-0.25, -0.2) is 9.97 Å². The van der Waals surface area contributed by atoms with Crippen molar-refractivity contribution in [3.8, 4) is 11.1 Å². The zero-order chi connectivity index (χ0) is 15.9. The molecule has 7 heteroatoms. The standard InChI is InChI=1S/C15H11F3N4/c16-15(17,18)9-6-4-8(5-7-9)10-2-1-3-11-12(10)22-14(20)13(19)21-11/h1-7H,(H2,19,21)(H2,20,22). The molecule has 4 N–H and O–H groups in total. The molecule has 0 aliphatic rings. The molecule has 112 valence electrons. The van der Waals surface area contributed by atoms with Crippen LogP contribution in [0.15, 0.2) is 42.5 Å². The minimum absolute atomic E-state index is 0.0897. The van der Waals surface area contributed by atoms with Crippen molar-refractivity contribution in [1.82, 2.24) is 9.97 Å². The first-order valence-electron chi connectivity index (χ1n) is 6.35. The second kappa shape index (κ2) is 4.87. The van der Waals surface area contributed by atoms with Crippen molar-refractivity contribution in [3.05, 3.63) is 48.0 Å². The minimum Gasteiger partial charge on any atom is -0.381 e. The first-order chi connectivity index (χ1) is 10.4. The number of anilines is 2. The summed E-state index contributed by atoms with van der Waals surface area (Å²) in [6.45, 7) is 0. The van der Waals surface area contributed by atoms with Gasteiger partial charge in [-0.05, 0) is 23.8 Å². The molecule has 0 radical (unpaired) electrons. The quantitative estimate of drug-likeness (QED) is 0.721. The van der Waals surface area contributed by atoms with Gasteiger partial charge in [-0.15, -0.1) is 0 Å². The fourth-order valence-electron chi connectivity index (χ4n) is 2.18. The van der Waals surface area contributed by atoms with Crippen molar-refractivity contribution < 1.29 is 13.2 Å². The molecule has 22 heavy (non-hydrogen) atoms. The average Bonchev–Trinajstić information content (AvgIpc) is 2.47. The number of benzene rings is 2. The van der Waals surface area contributed by atoms with E-state index < -0.39 is 11.7 Å². The number of alkyl halides is 3. The van der Waals surface area contributed by atoms with E-state index in [9.17, 15) is 13.2 Å². The van der Waals surface area contributed by atoms with E-state index >= 15 is 0 Å². The molecule has 2 aromatic carbocycles. The lowest BCUT2D eigenvalue weighted by Crippen LogP contribution is -2.04. The number of nitrogens with two attached hydrogens (primary N) is 2. The van der Waals surface area contributed by atoms with Crippen molar-refractivity contribution >= 4 is 22.7 Å². The molecule has 0 bridgehead atoms. The van der Waals surface area contributed by atoms with Crippen LogP contribution in [0.5, 0.6) is 0 Å². The molecule has 0 saturated heterocycles. The summed E-state index contributed by atoms with van der Waals surface area (Å²) in [6, 6.07) is 10.0. The Bertz CT molecular complexity index is 842. The van der Waals surface area contributed by atoms with Crippen LogP contribution in [0.25, 0.3) is 22.2 Å². The van der Waals surface area contributed by atoms with Crippen LogP contribution in [0.3, 0.4) is 0 Å². The van der Waals surface area contributed by atoms with E-state index in [1.165, 1.54) is 12.1 Å². The van der Waals surface area contributed by atoms with Crippen LogP contribution in [0.1, 0.15) is 5.56 Å². The van der Waals surface area contributed by atoms with Gasteiger partial charge in [0.25, 0.3) is 0 Å². The molecule has 0 aliphatic carbocycles. The summed E-state index contributed by atoms with van der Waals surface area (Å²) in [6.07, 6.45) is -4.37. The highest BCUT2D eigenvalue weighted by molar-refractivity contribution is 5.93. The molecule has 3 aromatic rings. The van der Waals surface area contributed by atoms with Gasteiger partial charge in [0.2, 0.25) is 0 Å². The summed E-state index contributed by atoms with van der Waals surface area (Å²) in [5.74, 6) is 0.212. The zero-order valence-electron chi connectivity index (χ0n) is 11.2. The lowest BCUT2D eigenvalue weighted by Gasteiger charge is -2.10. The molecule has 0 atom stereocenters. The number of hydrogen-bond acceptors (Lipinski definition) is 4. The Balaban J connectivity index is 2.16. The van der Waals surface area contributed by atoms with Gasteiger partial charge < -0.3 is 11.5 Å². The van der Waals surface area contributed by atoms with Gasteiger partial charge in [0.05, 0.1) is 16.6 Å². The fraction of sp³-hybridized carbons (Fsp3) is 0.0667. The third-order valence-corrected chi connectivity index (χ3v) is 3.27. The molecule has 0 amide bonds. The summed E-state index contributed by atoms with van der Waals surface area (Å²) in [5.41, 5.74) is 12.8. The maximum absolute atomic E-state index is 12.6. The normalized spacial score (nSPS) is 11.8. The van der Waals surface area contributed by atoms with E-state index in [1.54, 1.807) is 18.2 Å². The molecular formula is C15H11F3N4. The summed E-state index contributed by atoms with van der Waals surface area (Å²) in [7, 11) is 0. The number of fused-ring (bicyclic) bond motifs is 1. The third kappa shape index (κ3) is 2.41. The Morgan fingerprint density at radius 1 is 0.818 bits per heavy atom. The van der Waals surface area contributed by atoms with E-state index in [1.807, 2.05) is 0 Å². The van der Waals surface area contributed by atoms with Crippen molar-refractivity contribution in [1.29, 1.82) is 0 Å². The molecule has 3 rings (SSSR count). The van der Waals surface area contributed by atoms with Gasteiger partial charge in [-0.2, -0.15) is 13.2 Å². The van der Waals surface area contributed by atoms with Crippen molar-refractivity contribution in [3.63, 3.8) is 0 Å². The number of hydrogen-bond donors (Lipinski definition) is 2. The minimum atomic E-state index is -4.37. The monoisotopic (exact) mass is 304 g/mol.